The molecule has 0 amide bonds. The Hall–Kier alpha value is -3.32. The summed E-state index contributed by atoms with van der Waals surface area (Å²) in [5, 5.41) is 1.62. The Bertz CT molecular complexity index is 1120. The molecular formula is C25H20ClF3N2O2. The Kier molecular flexibility index (Phi) is 6.70. The first kappa shape index (κ1) is 22.9. The largest absolute Gasteiger partial charge is 0.493 e. The second kappa shape index (κ2) is 9.67. The van der Waals surface area contributed by atoms with E-state index in [9.17, 15) is 18.0 Å². The van der Waals surface area contributed by atoms with Crippen molar-refractivity contribution in [2.45, 2.75) is 31.1 Å². The first-order valence-electron chi connectivity index (χ1n) is 10.3. The number of nitrogens with zero attached hydrogens (tertiary/aromatic N) is 2. The zero-order valence-electron chi connectivity index (χ0n) is 17.4. The zero-order chi connectivity index (χ0) is 23.4. The van der Waals surface area contributed by atoms with E-state index in [1.165, 1.54) is 0 Å². The first-order chi connectivity index (χ1) is 15.8. The Morgan fingerprint density at radius 3 is 2.03 bits per heavy atom. The quantitative estimate of drug-likeness (QED) is 0.412. The van der Waals surface area contributed by atoms with Crippen LogP contribution >= 0.6 is 11.6 Å². The van der Waals surface area contributed by atoms with Gasteiger partial charge >= 0.3 is 12.1 Å². The number of amidine groups is 1. The summed E-state index contributed by atoms with van der Waals surface area (Å²) in [7, 11) is 0. The molecule has 3 aromatic carbocycles. The summed E-state index contributed by atoms with van der Waals surface area (Å²) in [5.74, 6) is -2.01. The second-order valence-corrected chi connectivity index (χ2v) is 8.02. The summed E-state index contributed by atoms with van der Waals surface area (Å²) >= 11 is 5.94. The maximum Gasteiger partial charge on any atom is 0.493 e. The van der Waals surface area contributed by atoms with Crippen LogP contribution in [-0.2, 0) is 16.1 Å². The summed E-state index contributed by atoms with van der Waals surface area (Å²) < 4.78 is 39.3. The van der Waals surface area contributed by atoms with Crippen LogP contribution < -0.4 is 0 Å². The molecule has 0 N–H and O–H groups in total. The smallest absolute Gasteiger partial charge is 0.330 e. The highest BCUT2D eigenvalue weighted by Gasteiger charge is 2.47. The highest BCUT2D eigenvalue weighted by atomic mass is 35.5. The molecule has 0 radical (unpaired) electrons. The lowest BCUT2D eigenvalue weighted by molar-refractivity contribution is -0.230. The summed E-state index contributed by atoms with van der Waals surface area (Å²) in [6.45, 7) is 0. The number of alkyl halides is 3. The number of hydrogen-bond donors (Lipinski definition) is 0. The highest BCUT2D eigenvalue weighted by Crippen LogP contribution is 2.43. The topological polar surface area (TPSA) is 41.9 Å². The molecule has 0 bridgehead atoms. The van der Waals surface area contributed by atoms with Crippen LogP contribution in [0.1, 0.15) is 35.2 Å². The number of carbonyl (C=O) groups is 1. The van der Waals surface area contributed by atoms with Crippen LogP contribution in [0.2, 0.25) is 5.02 Å². The molecule has 2 atom stereocenters. The molecule has 8 heteroatoms. The Balaban J connectivity index is 1.71. The number of rotatable bonds is 6. The molecule has 3 aromatic rings. The molecule has 1 aliphatic rings. The van der Waals surface area contributed by atoms with Crippen LogP contribution in [0, 0.1) is 0 Å². The summed E-state index contributed by atoms with van der Waals surface area (Å²) in [4.78, 5) is 21.5. The van der Waals surface area contributed by atoms with Gasteiger partial charge in [-0.25, -0.2) is 4.79 Å². The number of aryl methyl sites for hydroxylation is 1. The summed E-state index contributed by atoms with van der Waals surface area (Å²) in [6, 6.07) is 24.1. The van der Waals surface area contributed by atoms with Crippen molar-refractivity contribution in [2.24, 2.45) is 4.99 Å². The van der Waals surface area contributed by atoms with E-state index >= 15 is 0 Å². The van der Waals surface area contributed by atoms with Gasteiger partial charge in [-0.3, -0.25) is 4.99 Å². The van der Waals surface area contributed by atoms with Crippen LogP contribution in [0.4, 0.5) is 13.2 Å². The van der Waals surface area contributed by atoms with E-state index < -0.39 is 24.2 Å². The van der Waals surface area contributed by atoms with E-state index in [-0.39, 0.29) is 12.3 Å². The number of benzene rings is 3. The lowest BCUT2D eigenvalue weighted by atomic mass is 9.95. The van der Waals surface area contributed by atoms with Crippen molar-refractivity contribution in [3.05, 3.63) is 107 Å². The van der Waals surface area contributed by atoms with E-state index in [0.29, 0.717) is 17.0 Å². The molecule has 33 heavy (non-hydrogen) atoms. The molecule has 2 unspecified atom stereocenters. The van der Waals surface area contributed by atoms with Crippen LogP contribution in [0.5, 0.6) is 0 Å². The third-order valence-corrected chi connectivity index (χ3v) is 5.59. The SMILES string of the molecule is O=C(ON1C(CCc2ccc(Cl)cc2)=NC(c2ccccc2)C1c1ccccc1)C(F)(F)F. The van der Waals surface area contributed by atoms with Crippen molar-refractivity contribution in [3.63, 3.8) is 0 Å². The number of halogens is 4. The maximum absolute atomic E-state index is 13.1. The molecule has 0 spiro atoms. The molecule has 4 rings (SSSR count). The maximum atomic E-state index is 13.1. The fourth-order valence-electron chi connectivity index (χ4n) is 3.78. The molecule has 1 heterocycles. The molecule has 0 fully saturated rings. The third-order valence-electron chi connectivity index (χ3n) is 5.34. The third kappa shape index (κ3) is 5.37. The fourth-order valence-corrected chi connectivity index (χ4v) is 3.91. The highest BCUT2D eigenvalue weighted by molar-refractivity contribution is 6.30. The summed E-state index contributed by atoms with van der Waals surface area (Å²) in [6.07, 6.45) is -4.37. The molecule has 170 valence electrons. The minimum absolute atomic E-state index is 0.269. The van der Waals surface area contributed by atoms with E-state index in [1.807, 2.05) is 48.5 Å². The van der Waals surface area contributed by atoms with E-state index in [1.54, 1.807) is 36.4 Å². The van der Waals surface area contributed by atoms with Crippen LogP contribution in [0.3, 0.4) is 0 Å². The molecule has 0 aromatic heterocycles. The second-order valence-electron chi connectivity index (χ2n) is 7.59. The van der Waals surface area contributed by atoms with Crippen molar-refractivity contribution < 1.29 is 22.8 Å². The van der Waals surface area contributed by atoms with Gasteiger partial charge in [0.25, 0.3) is 0 Å². The molecule has 1 aliphatic heterocycles. The van der Waals surface area contributed by atoms with Crippen molar-refractivity contribution in [2.75, 3.05) is 0 Å². The van der Waals surface area contributed by atoms with Crippen LogP contribution in [0.25, 0.3) is 0 Å². The van der Waals surface area contributed by atoms with Crippen LogP contribution in [-0.4, -0.2) is 23.0 Å². The minimum atomic E-state index is -5.13. The van der Waals surface area contributed by atoms with Gasteiger partial charge in [-0.15, -0.1) is 0 Å². The number of carbonyl (C=O) groups excluding carboxylic acids is 1. The average molecular weight is 473 g/mol. The molecule has 0 aliphatic carbocycles. The van der Waals surface area contributed by atoms with Gasteiger partial charge < -0.3 is 4.84 Å². The Morgan fingerprint density at radius 1 is 0.879 bits per heavy atom. The van der Waals surface area contributed by atoms with Crippen molar-refractivity contribution in [3.8, 4) is 0 Å². The van der Waals surface area contributed by atoms with Gasteiger partial charge in [0.1, 0.15) is 17.9 Å². The zero-order valence-corrected chi connectivity index (χ0v) is 18.1. The van der Waals surface area contributed by atoms with Crippen molar-refractivity contribution in [1.29, 1.82) is 0 Å². The van der Waals surface area contributed by atoms with E-state index in [0.717, 1.165) is 16.2 Å². The van der Waals surface area contributed by atoms with Gasteiger partial charge in [0.15, 0.2) is 0 Å². The molecular weight excluding hydrogens is 453 g/mol. The normalized spacial score (nSPS) is 18.2. The Labute approximate surface area is 194 Å². The van der Waals surface area contributed by atoms with Gasteiger partial charge in [-0.1, -0.05) is 84.4 Å². The van der Waals surface area contributed by atoms with Gasteiger partial charge in [-0.05, 0) is 35.2 Å². The standard InChI is InChI=1S/C25H20ClF3N2O2/c26-20-14-11-17(12-15-20)13-16-21-30-22(18-7-3-1-4-8-18)23(19-9-5-2-6-10-19)31(21)33-24(32)25(27,28)29/h1-12,14-15,22-23H,13,16H2. The van der Waals surface area contributed by atoms with Crippen LogP contribution in [0.15, 0.2) is 89.9 Å². The first-order valence-corrected chi connectivity index (χ1v) is 10.7. The van der Waals surface area contributed by atoms with Gasteiger partial charge in [-0.2, -0.15) is 18.2 Å². The lowest BCUT2D eigenvalue weighted by Crippen LogP contribution is -2.39. The number of hydroxylamine groups is 2. The number of aliphatic imine (C=N–C) groups is 1. The van der Waals surface area contributed by atoms with Gasteiger partial charge in [0.2, 0.25) is 0 Å². The number of hydrogen-bond acceptors (Lipinski definition) is 4. The minimum Gasteiger partial charge on any atom is -0.330 e. The van der Waals surface area contributed by atoms with E-state index in [4.69, 9.17) is 21.4 Å². The lowest BCUT2D eigenvalue weighted by Gasteiger charge is -2.29. The molecule has 0 saturated heterocycles. The van der Waals surface area contributed by atoms with Gasteiger partial charge in [0, 0.05) is 11.4 Å². The summed E-state index contributed by atoms with van der Waals surface area (Å²) in [5.41, 5.74) is 2.43. The Morgan fingerprint density at radius 2 is 1.45 bits per heavy atom. The van der Waals surface area contributed by atoms with Gasteiger partial charge in [0.05, 0.1) is 0 Å². The van der Waals surface area contributed by atoms with Crippen molar-refractivity contribution >= 4 is 23.4 Å². The fraction of sp³-hybridized carbons (Fsp3) is 0.200. The van der Waals surface area contributed by atoms with Crippen molar-refractivity contribution in [1.82, 2.24) is 5.06 Å². The average Bonchev–Trinajstić information content (AvgIpc) is 3.17. The van der Waals surface area contributed by atoms with E-state index in [2.05, 4.69) is 0 Å². The predicted molar refractivity (Wildman–Crippen MR) is 120 cm³/mol. The predicted octanol–water partition coefficient (Wildman–Crippen LogP) is 6.49. The molecule has 0 saturated carbocycles. The molecule has 4 nitrogen and oxygen atoms in total. The monoisotopic (exact) mass is 472 g/mol.